The van der Waals surface area contributed by atoms with Gasteiger partial charge in [-0.15, -0.1) is 10.2 Å². The molecule has 4 nitrogen and oxygen atoms in total. The van der Waals surface area contributed by atoms with Gasteiger partial charge in [-0.2, -0.15) is 0 Å². The first-order valence-electron chi connectivity index (χ1n) is 8.26. The number of nitrogens with one attached hydrogen (secondary N) is 1. The Balaban J connectivity index is 1.63. The van der Waals surface area contributed by atoms with Gasteiger partial charge in [0.05, 0.1) is 5.69 Å². The zero-order chi connectivity index (χ0) is 18.6. The number of carbonyl (C=O) groups is 1. The van der Waals surface area contributed by atoms with Gasteiger partial charge in [0.15, 0.2) is 0 Å². The van der Waals surface area contributed by atoms with Crippen LogP contribution in [0.4, 0.5) is 5.69 Å². The lowest BCUT2D eigenvalue weighted by molar-refractivity contribution is 0.102. The second kappa shape index (κ2) is 7.82. The van der Waals surface area contributed by atoms with E-state index in [1.807, 2.05) is 66.7 Å². The van der Waals surface area contributed by atoms with Gasteiger partial charge in [0.25, 0.3) is 5.91 Å². The second-order valence-corrected chi connectivity index (χ2v) is 7.68. The summed E-state index contributed by atoms with van der Waals surface area (Å²) in [5.41, 5.74) is 3.18. The van der Waals surface area contributed by atoms with Gasteiger partial charge < -0.3 is 5.32 Å². The van der Waals surface area contributed by atoms with Gasteiger partial charge in [-0.1, -0.05) is 69.7 Å². The Morgan fingerprint density at radius 1 is 0.815 bits per heavy atom. The van der Waals surface area contributed by atoms with E-state index < -0.39 is 0 Å². The van der Waals surface area contributed by atoms with Crippen molar-refractivity contribution in [3.8, 4) is 21.1 Å². The van der Waals surface area contributed by atoms with Crippen LogP contribution in [0.3, 0.4) is 0 Å². The smallest absolute Gasteiger partial charge is 0.255 e. The Hall–Kier alpha value is -2.83. The predicted octanol–water partition coefficient (Wildman–Crippen LogP) is 5.89. The van der Waals surface area contributed by atoms with Crippen molar-refractivity contribution in [2.75, 3.05) is 5.32 Å². The van der Waals surface area contributed by atoms with E-state index in [-0.39, 0.29) is 5.91 Å². The van der Waals surface area contributed by atoms with Crippen molar-refractivity contribution in [2.24, 2.45) is 0 Å². The Bertz CT molecular complexity index is 1080. The van der Waals surface area contributed by atoms with Gasteiger partial charge in [0, 0.05) is 21.2 Å². The van der Waals surface area contributed by atoms with E-state index in [4.69, 9.17) is 0 Å². The molecule has 0 unspecified atom stereocenters. The molecule has 4 aromatic rings. The lowest BCUT2D eigenvalue weighted by Crippen LogP contribution is -2.12. The number of hydrogen-bond acceptors (Lipinski definition) is 4. The standard InChI is InChI=1S/C21H14BrN3OS/c22-16-12-10-15(11-13-16)20-24-25-21(27-20)17-8-4-5-9-18(17)23-19(26)14-6-2-1-3-7-14/h1-13H,(H,23,26). The summed E-state index contributed by atoms with van der Waals surface area (Å²) in [7, 11) is 0. The van der Waals surface area contributed by atoms with Crippen LogP contribution in [0.2, 0.25) is 0 Å². The largest absolute Gasteiger partial charge is 0.321 e. The molecule has 0 aliphatic heterocycles. The van der Waals surface area contributed by atoms with Crippen LogP contribution >= 0.6 is 27.3 Å². The summed E-state index contributed by atoms with van der Waals surface area (Å²) in [6.07, 6.45) is 0. The Kier molecular flexibility index (Phi) is 5.09. The van der Waals surface area contributed by atoms with E-state index in [2.05, 4.69) is 31.4 Å². The maximum Gasteiger partial charge on any atom is 0.255 e. The van der Waals surface area contributed by atoms with E-state index in [1.54, 1.807) is 12.1 Å². The van der Waals surface area contributed by atoms with Crippen LogP contribution in [0.5, 0.6) is 0 Å². The van der Waals surface area contributed by atoms with Crippen molar-refractivity contribution in [3.05, 3.63) is 88.9 Å². The van der Waals surface area contributed by atoms with Crippen LogP contribution in [0.1, 0.15) is 10.4 Å². The highest BCUT2D eigenvalue weighted by molar-refractivity contribution is 9.10. The molecule has 0 aliphatic carbocycles. The first-order valence-corrected chi connectivity index (χ1v) is 9.87. The molecule has 0 saturated heterocycles. The number of halogens is 1. The third-order valence-corrected chi connectivity index (χ3v) is 5.49. The average Bonchev–Trinajstić information content (AvgIpc) is 3.19. The number of nitrogens with zero attached hydrogens (tertiary/aromatic N) is 2. The normalized spacial score (nSPS) is 10.6. The zero-order valence-corrected chi connectivity index (χ0v) is 16.5. The minimum absolute atomic E-state index is 0.152. The van der Waals surface area contributed by atoms with Crippen molar-refractivity contribution in [3.63, 3.8) is 0 Å². The van der Waals surface area contributed by atoms with Gasteiger partial charge >= 0.3 is 0 Å². The van der Waals surface area contributed by atoms with E-state index in [9.17, 15) is 4.79 Å². The van der Waals surface area contributed by atoms with Crippen molar-refractivity contribution in [1.82, 2.24) is 10.2 Å². The van der Waals surface area contributed by atoms with Crippen molar-refractivity contribution >= 4 is 38.9 Å². The quantitative estimate of drug-likeness (QED) is 0.434. The number of para-hydroxylation sites is 1. The molecule has 0 bridgehead atoms. The number of hydrogen-bond donors (Lipinski definition) is 1. The zero-order valence-electron chi connectivity index (χ0n) is 14.1. The molecule has 6 heteroatoms. The molecule has 0 fully saturated rings. The average molecular weight is 436 g/mol. The Morgan fingerprint density at radius 2 is 1.48 bits per heavy atom. The van der Waals surface area contributed by atoms with E-state index in [1.165, 1.54) is 11.3 Å². The fourth-order valence-corrected chi connectivity index (χ4v) is 3.76. The second-order valence-electron chi connectivity index (χ2n) is 5.78. The van der Waals surface area contributed by atoms with Crippen LogP contribution in [0.25, 0.3) is 21.1 Å². The minimum Gasteiger partial charge on any atom is -0.321 e. The maximum absolute atomic E-state index is 12.5. The molecule has 27 heavy (non-hydrogen) atoms. The molecule has 1 aromatic heterocycles. The van der Waals surface area contributed by atoms with Crippen LogP contribution < -0.4 is 5.32 Å². The number of amides is 1. The number of anilines is 1. The summed E-state index contributed by atoms with van der Waals surface area (Å²) in [5, 5.41) is 13.2. The molecule has 0 atom stereocenters. The summed E-state index contributed by atoms with van der Waals surface area (Å²) in [6, 6.07) is 24.7. The van der Waals surface area contributed by atoms with Crippen LogP contribution in [-0.4, -0.2) is 16.1 Å². The highest BCUT2D eigenvalue weighted by Crippen LogP contribution is 2.34. The fraction of sp³-hybridized carbons (Fsp3) is 0. The van der Waals surface area contributed by atoms with Crippen LogP contribution in [0, 0.1) is 0 Å². The first kappa shape index (κ1) is 17.6. The molecule has 1 N–H and O–H groups in total. The van der Waals surface area contributed by atoms with Crippen molar-refractivity contribution < 1.29 is 4.79 Å². The van der Waals surface area contributed by atoms with Crippen LogP contribution in [0.15, 0.2) is 83.3 Å². The summed E-state index contributed by atoms with van der Waals surface area (Å²) in [6.45, 7) is 0. The highest BCUT2D eigenvalue weighted by Gasteiger charge is 2.14. The van der Waals surface area contributed by atoms with Crippen molar-refractivity contribution in [2.45, 2.75) is 0 Å². The molecule has 4 rings (SSSR count). The lowest BCUT2D eigenvalue weighted by Gasteiger charge is -2.09. The topological polar surface area (TPSA) is 54.9 Å². The predicted molar refractivity (Wildman–Crippen MR) is 113 cm³/mol. The van der Waals surface area contributed by atoms with Gasteiger partial charge in [0.2, 0.25) is 0 Å². The minimum atomic E-state index is -0.152. The molecule has 0 aliphatic rings. The van der Waals surface area contributed by atoms with Crippen LogP contribution in [-0.2, 0) is 0 Å². The van der Waals surface area contributed by atoms with Gasteiger partial charge in [-0.3, -0.25) is 4.79 Å². The van der Waals surface area contributed by atoms with Gasteiger partial charge in [0.1, 0.15) is 10.0 Å². The monoisotopic (exact) mass is 435 g/mol. The molecule has 1 amide bonds. The van der Waals surface area contributed by atoms with Gasteiger partial charge in [-0.05, 0) is 36.4 Å². The summed E-state index contributed by atoms with van der Waals surface area (Å²) in [5.74, 6) is -0.152. The fourth-order valence-electron chi connectivity index (χ4n) is 2.60. The van der Waals surface area contributed by atoms with E-state index in [0.29, 0.717) is 11.3 Å². The first-order chi connectivity index (χ1) is 13.2. The van der Waals surface area contributed by atoms with E-state index >= 15 is 0 Å². The SMILES string of the molecule is O=C(Nc1ccccc1-c1nnc(-c2ccc(Br)cc2)s1)c1ccccc1. The third kappa shape index (κ3) is 3.97. The number of rotatable bonds is 4. The van der Waals surface area contributed by atoms with E-state index in [0.717, 1.165) is 25.6 Å². The third-order valence-electron chi connectivity index (χ3n) is 3.96. The molecule has 0 saturated carbocycles. The number of aromatic nitrogens is 2. The Morgan fingerprint density at radius 3 is 2.26 bits per heavy atom. The molecule has 0 spiro atoms. The lowest BCUT2D eigenvalue weighted by atomic mass is 10.1. The molecule has 1 heterocycles. The molecule has 3 aromatic carbocycles. The molecule has 0 radical (unpaired) electrons. The Labute approximate surface area is 169 Å². The number of benzene rings is 3. The highest BCUT2D eigenvalue weighted by atomic mass is 79.9. The van der Waals surface area contributed by atoms with Crippen molar-refractivity contribution in [1.29, 1.82) is 0 Å². The maximum atomic E-state index is 12.5. The molecule has 132 valence electrons. The summed E-state index contributed by atoms with van der Waals surface area (Å²) < 4.78 is 1.02. The summed E-state index contributed by atoms with van der Waals surface area (Å²) in [4.78, 5) is 12.5. The molecular weight excluding hydrogens is 422 g/mol. The molecular formula is C21H14BrN3OS. The number of carbonyl (C=O) groups excluding carboxylic acids is 1. The van der Waals surface area contributed by atoms with Gasteiger partial charge in [-0.25, -0.2) is 0 Å². The summed E-state index contributed by atoms with van der Waals surface area (Å²) >= 11 is 4.93.